The van der Waals surface area contributed by atoms with Crippen molar-refractivity contribution >= 4 is 45.9 Å². The first kappa shape index (κ1) is 22.6. The minimum absolute atomic E-state index is 0.0400. The van der Waals surface area contributed by atoms with Gasteiger partial charge >= 0.3 is 0 Å². The molecule has 2 N–H and O–H groups in total. The maximum atomic E-state index is 12.5. The number of benzene rings is 2. The van der Waals surface area contributed by atoms with Gasteiger partial charge in [0.2, 0.25) is 0 Å². The summed E-state index contributed by atoms with van der Waals surface area (Å²) in [5, 5.41) is 22.2. The number of amides is 1. The molecule has 29 heavy (non-hydrogen) atoms. The highest BCUT2D eigenvalue weighted by atomic mass is 127. The van der Waals surface area contributed by atoms with E-state index in [1.165, 1.54) is 6.08 Å². The largest absolute Gasteiger partial charge is 0.504 e. The molecule has 6 nitrogen and oxygen atoms in total. The average molecular weight is 505 g/mol. The minimum Gasteiger partial charge on any atom is -0.504 e. The van der Waals surface area contributed by atoms with E-state index in [1.807, 2.05) is 59.8 Å². The molecule has 0 unspecified atom stereocenters. The zero-order valence-electron chi connectivity index (χ0n) is 16.7. The van der Waals surface area contributed by atoms with Gasteiger partial charge in [0.1, 0.15) is 11.6 Å². The summed E-state index contributed by atoms with van der Waals surface area (Å²) in [7, 11) is 0. The first-order chi connectivity index (χ1) is 13.9. The second-order valence-electron chi connectivity index (χ2n) is 6.13. The van der Waals surface area contributed by atoms with E-state index in [4.69, 9.17) is 4.74 Å². The van der Waals surface area contributed by atoms with Crippen LogP contribution in [0.5, 0.6) is 11.5 Å². The monoisotopic (exact) mass is 505 g/mol. The fraction of sp³-hybridized carbons (Fsp3) is 0.273. The lowest BCUT2D eigenvalue weighted by molar-refractivity contribution is -0.112. The predicted molar refractivity (Wildman–Crippen MR) is 124 cm³/mol. The van der Waals surface area contributed by atoms with Crippen molar-refractivity contribution in [2.75, 3.05) is 29.9 Å². The van der Waals surface area contributed by atoms with Gasteiger partial charge in [-0.05, 0) is 91.4 Å². The van der Waals surface area contributed by atoms with Crippen LogP contribution < -0.4 is 15.0 Å². The number of nitrogens with one attached hydrogen (secondary N) is 1. The molecule has 0 heterocycles. The smallest absolute Gasteiger partial charge is 0.266 e. The number of aromatic hydroxyl groups is 1. The Morgan fingerprint density at radius 2 is 1.90 bits per heavy atom. The lowest BCUT2D eigenvalue weighted by Gasteiger charge is -2.21. The molecular formula is C22H24IN3O3. The Bertz CT molecular complexity index is 930. The normalized spacial score (nSPS) is 10.9. The molecule has 0 aliphatic heterocycles. The molecule has 7 heteroatoms. The Hall–Kier alpha value is -2.73. The molecule has 2 aromatic rings. The van der Waals surface area contributed by atoms with Crippen LogP contribution in [0.4, 0.5) is 11.4 Å². The summed E-state index contributed by atoms with van der Waals surface area (Å²) < 4.78 is 5.98. The van der Waals surface area contributed by atoms with Crippen molar-refractivity contribution in [3.8, 4) is 17.6 Å². The summed E-state index contributed by atoms with van der Waals surface area (Å²) in [4.78, 5) is 14.7. The fourth-order valence-corrected chi connectivity index (χ4v) is 3.43. The van der Waals surface area contributed by atoms with Crippen LogP contribution in [0.25, 0.3) is 6.08 Å². The highest BCUT2D eigenvalue weighted by Gasteiger charge is 2.13. The molecule has 0 spiro atoms. The van der Waals surface area contributed by atoms with E-state index < -0.39 is 5.91 Å². The molecule has 0 radical (unpaired) electrons. The SMILES string of the molecule is CCOc1cc(/C=C(/C#N)C(=O)Nc2ccc(N(CC)CC)cc2)cc(I)c1O. The van der Waals surface area contributed by atoms with Crippen LogP contribution in [0.15, 0.2) is 42.0 Å². The number of ether oxygens (including phenoxy) is 1. The molecule has 0 atom stereocenters. The number of hydrogen-bond acceptors (Lipinski definition) is 5. The van der Waals surface area contributed by atoms with E-state index in [1.54, 1.807) is 12.1 Å². The van der Waals surface area contributed by atoms with Gasteiger partial charge in [-0.25, -0.2) is 0 Å². The summed E-state index contributed by atoms with van der Waals surface area (Å²) in [5.41, 5.74) is 2.24. The van der Waals surface area contributed by atoms with E-state index in [9.17, 15) is 15.2 Å². The van der Waals surface area contributed by atoms with Crippen LogP contribution >= 0.6 is 22.6 Å². The first-order valence-corrected chi connectivity index (χ1v) is 10.4. The lowest BCUT2D eigenvalue weighted by atomic mass is 10.1. The van der Waals surface area contributed by atoms with E-state index >= 15 is 0 Å². The van der Waals surface area contributed by atoms with Crippen molar-refractivity contribution in [1.82, 2.24) is 0 Å². The molecular weight excluding hydrogens is 481 g/mol. The van der Waals surface area contributed by atoms with Crippen LogP contribution in [0.2, 0.25) is 0 Å². The molecule has 152 valence electrons. The molecule has 0 fully saturated rings. The number of carbonyl (C=O) groups excluding carboxylic acids is 1. The van der Waals surface area contributed by atoms with Crippen molar-refractivity contribution in [2.45, 2.75) is 20.8 Å². The van der Waals surface area contributed by atoms with E-state index in [0.29, 0.717) is 27.2 Å². The number of anilines is 2. The Labute approximate surface area is 184 Å². The van der Waals surface area contributed by atoms with Crippen LogP contribution in [-0.4, -0.2) is 30.7 Å². The zero-order valence-corrected chi connectivity index (χ0v) is 18.9. The molecule has 2 rings (SSSR count). The van der Waals surface area contributed by atoms with Crippen LogP contribution in [0, 0.1) is 14.9 Å². The summed E-state index contributed by atoms with van der Waals surface area (Å²) in [6.07, 6.45) is 1.48. The topological polar surface area (TPSA) is 85.6 Å². The summed E-state index contributed by atoms with van der Waals surface area (Å²) >= 11 is 1.98. The van der Waals surface area contributed by atoms with Crippen molar-refractivity contribution in [3.63, 3.8) is 0 Å². The maximum Gasteiger partial charge on any atom is 0.266 e. The van der Waals surface area contributed by atoms with Gasteiger partial charge in [0.25, 0.3) is 5.91 Å². The number of rotatable bonds is 8. The Kier molecular flexibility index (Phi) is 8.34. The third kappa shape index (κ3) is 5.87. The van der Waals surface area contributed by atoms with Crippen molar-refractivity contribution in [1.29, 1.82) is 5.26 Å². The lowest BCUT2D eigenvalue weighted by Crippen LogP contribution is -2.21. The van der Waals surface area contributed by atoms with Crippen LogP contribution in [0.3, 0.4) is 0 Å². The molecule has 0 saturated carbocycles. The molecule has 0 aliphatic rings. The Morgan fingerprint density at radius 1 is 1.24 bits per heavy atom. The van der Waals surface area contributed by atoms with Gasteiger partial charge in [0, 0.05) is 24.5 Å². The van der Waals surface area contributed by atoms with Gasteiger partial charge in [-0.2, -0.15) is 5.26 Å². The van der Waals surface area contributed by atoms with Crippen LogP contribution in [-0.2, 0) is 4.79 Å². The third-order valence-corrected chi connectivity index (χ3v) is 5.10. The van der Waals surface area contributed by atoms with Gasteiger partial charge in [-0.15, -0.1) is 0 Å². The highest BCUT2D eigenvalue weighted by Crippen LogP contribution is 2.33. The average Bonchev–Trinajstić information content (AvgIpc) is 2.72. The minimum atomic E-state index is -0.496. The predicted octanol–water partition coefficient (Wildman–Crippen LogP) is 4.79. The number of phenols is 1. The Morgan fingerprint density at radius 3 is 2.45 bits per heavy atom. The third-order valence-electron chi connectivity index (χ3n) is 4.28. The number of hydrogen-bond donors (Lipinski definition) is 2. The van der Waals surface area contributed by atoms with Gasteiger partial charge < -0.3 is 20.1 Å². The summed E-state index contributed by atoms with van der Waals surface area (Å²) in [5.74, 6) is -0.139. The quantitative estimate of drug-likeness (QED) is 0.306. The second-order valence-corrected chi connectivity index (χ2v) is 7.29. The fourth-order valence-electron chi connectivity index (χ4n) is 2.80. The van der Waals surface area contributed by atoms with E-state index in [0.717, 1.165) is 18.8 Å². The molecule has 0 aromatic heterocycles. The number of phenolic OH excluding ortho intramolecular Hbond substituents is 1. The van der Waals surface area contributed by atoms with Gasteiger partial charge in [0.05, 0.1) is 10.2 Å². The van der Waals surface area contributed by atoms with E-state index in [-0.39, 0.29) is 11.3 Å². The van der Waals surface area contributed by atoms with Crippen molar-refractivity contribution in [2.24, 2.45) is 0 Å². The number of nitriles is 1. The number of carbonyl (C=O) groups is 1. The summed E-state index contributed by atoms with van der Waals surface area (Å²) in [6.45, 7) is 8.19. The van der Waals surface area contributed by atoms with E-state index in [2.05, 4.69) is 24.1 Å². The van der Waals surface area contributed by atoms with Crippen LogP contribution in [0.1, 0.15) is 26.3 Å². The Balaban J connectivity index is 2.22. The molecule has 1 amide bonds. The second kappa shape index (κ2) is 10.7. The zero-order chi connectivity index (χ0) is 21.4. The molecule has 2 aromatic carbocycles. The molecule has 0 bridgehead atoms. The number of nitrogens with zero attached hydrogens (tertiary/aromatic N) is 2. The maximum absolute atomic E-state index is 12.5. The van der Waals surface area contributed by atoms with Gasteiger partial charge in [-0.1, -0.05) is 0 Å². The van der Waals surface area contributed by atoms with Crippen molar-refractivity contribution < 1.29 is 14.6 Å². The number of halogens is 1. The highest BCUT2D eigenvalue weighted by molar-refractivity contribution is 14.1. The molecule has 0 aliphatic carbocycles. The molecule has 0 saturated heterocycles. The standard InChI is InChI=1S/C22H24IN3O3/c1-4-26(5-2)18-9-7-17(8-10-18)25-22(28)16(14-24)11-15-12-19(23)21(27)20(13-15)29-6-3/h7-13,27H,4-6H2,1-3H3,(H,25,28)/b16-11-. The van der Waals surface area contributed by atoms with Gasteiger partial charge in [-0.3, -0.25) is 4.79 Å². The summed E-state index contributed by atoms with van der Waals surface area (Å²) in [6, 6.07) is 12.7. The first-order valence-electron chi connectivity index (χ1n) is 9.36. The van der Waals surface area contributed by atoms with Crippen molar-refractivity contribution in [3.05, 3.63) is 51.1 Å². The van der Waals surface area contributed by atoms with Gasteiger partial charge in [0.15, 0.2) is 11.5 Å².